The van der Waals surface area contributed by atoms with Crippen LogP contribution < -0.4 is 5.56 Å². The Kier molecular flexibility index (Phi) is 5.27. The summed E-state index contributed by atoms with van der Waals surface area (Å²) in [6.07, 6.45) is 4.04. The van der Waals surface area contributed by atoms with Gasteiger partial charge in [-0.2, -0.15) is 0 Å². The molecule has 4 nitrogen and oxygen atoms in total. The summed E-state index contributed by atoms with van der Waals surface area (Å²) in [5, 5.41) is 1.49. The average molecular weight is 419 g/mol. The molecule has 3 aromatic heterocycles. The van der Waals surface area contributed by atoms with Gasteiger partial charge in [0.25, 0.3) is 5.56 Å². The van der Waals surface area contributed by atoms with Crippen LogP contribution >= 0.6 is 34.4 Å². The quantitative estimate of drug-likeness (QED) is 0.321. The highest BCUT2D eigenvalue weighted by Crippen LogP contribution is 2.35. The zero-order valence-corrected chi connectivity index (χ0v) is 18.2. The van der Waals surface area contributed by atoms with Crippen molar-refractivity contribution in [1.82, 2.24) is 9.55 Å². The first-order chi connectivity index (χ1) is 13.0. The van der Waals surface area contributed by atoms with Gasteiger partial charge in [-0.3, -0.25) is 14.2 Å². The van der Waals surface area contributed by atoms with E-state index in [9.17, 15) is 9.59 Å². The summed E-state index contributed by atoms with van der Waals surface area (Å²) in [6.45, 7) is 6.71. The van der Waals surface area contributed by atoms with E-state index in [-0.39, 0.29) is 11.3 Å². The Balaban J connectivity index is 1.68. The monoisotopic (exact) mass is 418 g/mol. The molecule has 0 unspecified atom stereocenters. The van der Waals surface area contributed by atoms with Crippen molar-refractivity contribution < 1.29 is 4.79 Å². The molecule has 3 heterocycles. The van der Waals surface area contributed by atoms with E-state index in [0.717, 1.165) is 51.2 Å². The molecule has 0 spiro atoms. The molecule has 4 rings (SSSR count). The van der Waals surface area contributed by atoms with Crippen LogP contribution in [0.2, 0.25) is 0 Å². The molecule has 0 bridgehead atoms. The topological polar surface area (TPSA) is 52.0 Å². The summed E-state index contributed by atoms with van der Waals surface area (Å²) < 4.78 is 1.78. The standard InChI is InChI=1S/C20H22N2O2S3/c1-4-8-22-19(24)17-13-6-5-7-16(13)27-18(17)21-20(22)25-10-15(23)14-9-11(2)26-12(14)3/h9H,4-8,10H2,1-3H3. The van der Waals surface area contributed by atoms with Gasteiger partial charge < -0.3 is 0 Å². The average Bonchev–Trinajstić information content (AvgIpc) is 3.29. The molecule has 0 radical (unpaired) electrons. The maximum atomic E-state index is 13.2. The molecule has 0 saturated carbocycles. The van der Waals surface area contributed by atoms with Crippen LogP contribution in [-0.2, 0) is 19.4 Å². The van der Waals surface area contributed by atoms with Crippen molar-refractivity contribution in [1.29, 1.82) is 0 Å². The molecule has 0 saturated heterocycles. The number of hydrogen-bond donors (Lipinski definition) is 0. The van der Waals surface area contributed by atoms with Gasteiger partial charge in [0.2, 0.25) is 0 Å². The largest absolute Gasteiger partial charge is 0.293 e. The molecule has 7 heteroatoms. The van der Waals surface area contributed by atoms with E-state index in [1.807, 2.05) is 19.9 Å². The third-order valence-corrected chi connectivity index (χ3v) is 8.04. The third kappa shape index (κ3) is 3.41. The van der Waals surface area contributed by atoms with Crippen LogP contribution in [0.3, 0.4) is 0 Å². The second-order valence-electron chi connectivity index (χ2n) is 6.93. The van der Waals surface area contributed by atoms with Crippen LogP contribution in [-0.4, -0.2) is 21.1 Å². The predicted octanol–water partition coefficient (Wildman–Crippen LogP) is 5.01. The van der Waals surface area contributed by atoms with Crippen molar-refractivity contribution >= 4 is 50.4 Å². The maximum absolute atomic E-state index is 13.2. The van der Waals surface area contributed by atoms with Crippen LogP contribution in [0.1, 0.15) is 50.3 Å². The number of ketones is 1. The van der Waals surface area contributed by atoms with Crippen molar-refractivity contribution in [2.24, 2.45) is 0 Å². The van der Waals surface area contributed by atoms with E-state index >= 15 is 0 Å². The van der Waals surface area contributed by atoms with Crippen molar-refractivity contribution in [3.05, 3.63) is 42.2 Å². The molecular formula is C20H22N2O2S3. The molecule has 1 aliphatic carbocycles. The van der Waals surface area contributed by atoms with Gasteiger partial charge >= 0.3 is 0 Å². The summed E-state index contributed by atoms with van der Waals surface area (Å²) in [6, 6.07) is 1.96. The summed E-state index contributed by atoms with van der Waals surface area (Å²) >= 11 is 4.70. The number of fused-ring (bicyclic) bond motifs is 3. The van der Waals surface area contributed by atoms with Gasteiger partial charge in [0.1, 0.15) is 4.83 Å². The van der Waals surface area contributed by atoms with E-state index in [1.54, 1.807) is 27.2 Å². The van der Waals surface area contributed by atoms with Crippen molar-refractivity contribution in [2.45, 2.75) is 58.2 Å². The molecule has 0 aromatic carbocycles. The van der Waals surface area contributed by atoms with E-state index in [0.29, 0.717) is 17.5 Å². The van der Waals surface area contributed by atoms with Gasteiger partial charge in [-0.15, -0.1) is 22.7 Å². The van der Waals surface area contributed by atoms with Gasteiger partial charge in [0.15, 0.2) is 10.9 Å². The molecule has 27 heavy (non-hydrogen) atoms. The summed E-state index contributed by atoms with van der Waals surface area (Å²) in [7, 11) is 0. The molecule has 0 atom stereocenters. The van der Waals surface area contributed by atoms with Gasteiger partial charge in [0, 0.05) is 26.7 Å². The Bertz CT molecular complexity index is 1090. The van der Waals surface area contributed by atoms with Crippen LogP contribution in [0.4, 0.5) is 0 Å². The van der Waals surface area contributed by atoms with Crippen LogP contribution in [0.15, 0.2) is 16.0 Å². The lowest BCUT2D eigenvalue weighted by Crippen LogP contribution is -2.23. The zero-order valence-electron chi connectivity index (χ0n) is 15.8. The first kappa shape index (κ1) is 18.9. The fourth-order valence-corrected chi connectivity index (χ4v) is 6.86. The van der Waals surface area contributed by atoms with Gasteiger partial charge in [-0.25, -0.2) is 4.98 Å². The van der Waals surface area contributed by atoms with Gasteiger partial charge in [-0.1, -0.05) is 18.7 Å². The third-order valence-electron chi connectivity index (χ3n) is 4.91. The number of thiophene rings is 2. The molecule has 0 aliphatic heterocycles. The van der Waals surface area contributed by atoms with Crippen molar-refractivity contribution in [2.75, 3.05) is 5.75 Å². The Morgan fingerprint density at radius 1 is 1.30 bits per heavy atom. The smallest absolute Gasteiger partial charge is 0.263 e. The highest BCUT2D eigenvalue weighted by molar-refractivity contribution is 7.99. The Labute approximate surface area is 170 Å². The minimum absolute atomic E-state index is 0.0683. The lowest BCUT2D eigenvalue weighted by molar-refractivity contribution is 0.102. The molecule has 142 valence electrons. The van der Waals surface area contributed by atoms with E-state index in [4.69, 9.17) is 4.98 Å². The summed E-state index contributed by atoms with van der Waals surface area (Å²) in [4.78, 5) is 35.0. The second-order valence-corrected chi connectivity index (χ2v) is 10.4. The van der Waals surface area contributed by atoms with Crippen molar-refractivity contribution in [3.8, 4) is 0 Å². The fraction of sp³-hybridized carbons (Fsp3) is 0.450. The Morgan fingerprint density at radius 2 is 2.11 bits per heavy atom. The lowest BCUT2D eigenvalue weighted by atomic mass is 10.2. The maximum Gasteiger partial charge on any atom is 0.263 e. The number of thioether (sulfide) groups is 1. The Hall–Kier alpha value is -1.44. The summed E-state index contributed by atoms with van der Waals surface area (Å²) in [5.41, 5.74) is 2.08. The minimum atomic E-state index is 0.0683. The number of carbonyl (C=O) groups is 1. The van der Waals surface area contributed by atoms with Crippen LogP contribution in [0.5, 0.6) is 0 Å². The number of Topliss-reactive ketones (excluding diaryl/α,β-unsaturated/α-hetero) is 1. The first-order valence-corrected chi connectivity index (χ1v) is 11.9. The summed E-state index contributed by atoms with van der Waals surface area (Å²) in [5.74, 6) is 0.414. The lowest BCUT2D eigenvalue weighted by Gasteiger charge is -2.11. The molecule has 0 amide bonds. The van der Waals surface area contributed by atoms with E-state index in [2.05, 4.69) is 6.92 Å². The first-order valence-electron chi connectivity index (χ1n) is 9.27. The van der Waals surface area contributed by atoms with Crippen molar-refractivity contribution in [3.63, 3.8) is 0 Å². The van der Waals surface area contributed by atoms with Gasteiger partial charge in [0.05, 0.1) is 11.1 Å². The van der Waals surface area contributed by atoms with E-state index in [1.165, 1.54) is 22.2 Å². The number of rotatable bonds is 6. The Morgan fingerprint density at radius 3 is 2.81 bits per heavy atom. The molecule has 0 fully saturated rings. The normalized spacial score (nSPS) is 13.4. The highest BCUT2D eigenvalue weighted by atomic mass is 32.2. The van der Waals surface area contributed by atoms with Crippen LogP contribution in [0, 0.1) is 13.8 Å². The number of aryl methyl sites for hydroxylation is 4. The highest BCUT2D eigenvalue weighted by Gasteiger charge is 2.23. The molecule has 1 aliphatic rings. The molecule has 3 aromatic rings. The molecular weight excluding hydrogens is 396 g/mol. The minimum Gasteiger partial charge on any atom is -0.293 e. The van der Waals surface area contributed by atoms with Crippen LogP contribution in [0.25, 0.3) is 10.2 Å². The number of aromatic nitrogens is 2. The zero-order chi connectivity index (χ0) is 19.1. The van der Waals surface area contributed by atoms with Gasteiger partial charge in [-0.05, 0) is 51.2 Å². The number of carbonyl (C=O) groups excluding carboxylic acids is 1. The fourth-order valence-electron chi connectivity index (χ4n) is 3.70. The number of nitrogens with zero attached hydrogens (tertiary/aromatic N) is 2. The molecule has 0 N–H and O–H groups in total. The second kappa shape index (κ2) is 7.53. The SMILES string of the molecule is CCCn1c(SCC(=O)c2cc(C)sc2C)nc2sc3c(c2c1=O)CCC3. The predicted molar refractivity (Wildman–Crippen MR) is 115 cm³/mol. The number of hydrogen-bond acceptors (Lipinski definition) is 6. The van der Waals surface area contributed by atoms with E-state index < -0.39 is 0 Å².